The Bertz CT molecular complexity index is 411. The Hall–Kier alpha value is -0.800. The van der Waals surface area contributed by atoms with Gasteiger partial charge in [0.25, 0.3) is 0 Å². The van der Waals surface area contributed by atoms with Gasteiger partial charge in [-0.2, -0.15) is 0 Å². The van der Waals surface area contributed by atoms with Crippen molar-refractivity contribution >= 4 is 0 Å². The number of hydrogen-bond acceptors (Lipinski definition) is 3. The van der Waals surface area contributed by atoms with Gasteiger partial charge in [0.15, 0.2) is 0 Å². The molecular formula is C18H32N2O. The van der Waals surface area contributed by atoms with Gasteiger partial charge in [-0.15, -0.1) is 0 Å². The molecule has 2 rings (SSSR count). The standard InChI is InChI=1S/C18H32N2O/c1-5-9-19-13-15-8-12-21-17(15)14-20-10-6-16(7-11-20)18(2,3)4/h8,12,16,19H,5-7,9-11,13-14H2,1-4H3. The number of nitrogens with one attached hydrogen (secondary N) is 1. The minimum absolute atomic E-state index is 0.450. The maximum Gasteiger partial charge on any atom is 0.122 e. The third-order valence-electron chi connectivity index (χ3n) is 4.76. The summed E-state index contributed by atoms with van der Waals surface area (Å²) in [5.74, 6) is 2.00. The Labute approximate surface area is 130 Å². The molecular weight excluding hydrogens is 260 g/mol. The highest BCUT2D eigenvalue weighted by molar-refractivity contribution is 5.16. The summed E-state index contributed by atoms with van der Waals surface area (Å²) in [7, 11) is 0. The predicted molar refractivity (Wildman–Crippen MR) is 88.2 cm³/mol. The molecule has 3 nitrogen and oxygen atoms in total. The highest BCUT2D eigenvalue weighted by atomic mass is 16.3. The number of hydrogen-bond donors (Lipinski definition) is 1. The SMILES string of the molecule is CCCNCc1ccoc1CN1CCC(C(C)(C)C)CC1. The van der Waals surface area contributed by atoms with E-state index in [-0.39, 0.29) is 0 Å². The lowest BCUT2D eigenvalue weighted by atomic mass is 9.75. The first-order chi connectivity index (χ1) is 10.0. The molecule has 0 spiro atoms. The number of nitrogens with zero attached hydrogens (tertiary/aromatic N) is 1. The summed E-state index contributed by atoms with van der Waals surface area (Å²) in [5, 5.41) is 3.46. The lowest BCUT2D eigenvalue weighted by Gasteiger charge is -2.38. The van der Waals surface area contributed by atoms with Crippen LogP contribution >= 0.6 is 0 Å². The van der Waals surface area contributed by atoms with E-state index in [1.165, 1.54) is 37.9 Å². The Morgan fingerprint density at radius 3 is 2.62 bits per heavy atom. The van der Waals surface area contributed by atoms with E-state index >= 15 is 0 Å². The molecule has 0 unspecified atom stereocenters. The summed E-state index contributed by atoms with van der Waals surface area (Å²) in [6, 6.07) is 2.11. The lowest BCUT2D eigenvalue weighted by Crippen LogP contribution is -2.37. The zero-order chi connectivity index (χ0) is 15.3. The Morgan fingerprint density at radius 1 is 1.29 bits per heavy atom. The van der Waals surface area contributed by atoms with Crippen LogP contribution in [-0.4, -0.2) is 24.5 Å². The molecule has 1 saturated heterocycles. The van der Waals surface area contributed by atoms with Crippen molar-refractivity contribution in [2.24, 2.45) is 11.3 Å². The van der Waals surface area contributed by atoms with Crippen LogP contribution in [0.15, 0.2) is 16.7 Å². The van der Waals surface area contributed by atoms with Gasteiger partial charge in [0.05, 0.1) is 12.8 Å². The largest absolute Gasteiger partial charge is 0.468 e. The van der Waals surface area contributed by atoms with Crippen LogP contribution in [-0.2, 0) is 13.1 Å². The van der Waals surface area contributed by atoms with Gasteiger partial charge in [0.2, 0.25) is 0 Å². The number of furan rings is 1. The molecule has 0 aliphatic carbocycles. The molecule has 0 amide bonds. The van der Waals surface area contributed by atoms with Gasteiger partial charge in [0, 0.05) is 12.1 Å². The van der Waals surface area contributed by atoms with Gasteiger partial charge in [-0.1, -0.05) is 27.7 Å². The molecule has 1 aromatic heterocycles. The van der Waals surface area contributed by atoms with Crippen molar-refractivity contribution in [3.63, 3.8) is 0 Å². The van der Waals surface area contributed by atoms with Crippen molar-refractivity contribution in [2.45, 2.75) is 60.0 Å². The first-order valence-corrected chi connectivity index (χ1v) is 8.49. The Morgan fingerprint density at radius 2 is 2.00 bits per heavy atom. The molecule has 21 heavy (non-hydrogen) atoms. The molecule has 0 aromatic carbocycles. The molecule has 2 heterocycles. The van der Waals surface area contributed by atoms with E-state index in [0.717, 1.165) is 31.3 Å². The normalized spacial score (nSPS) is 18.3. The molecule has 1 fully saturated rings. The zero-order valence-electron chi connectivity index (χ0n) is 14.2. The summed E-state index contributed by atoms with van der Waals surface area (Å²) < 4.78 is 5.71. The average Bonchev–Trinajstić information content (AvgIpc) is 2.86. The minimum Gasteiger partial charge on any atom is -0.468 e. The monoisotopic (exact) mass is 292 g/mol. The third kappa shape index (κ3) is 4.86. The minimum atomic E-state index is 0.450. The average molecular weight is 292 g/mol. The zero-order valence-corrected chi connectivity index (χ0v) is 14.2. The van der Waals surface area contributed by atoms with Crippen molar-refractivity contribution in [1.82, 2.24) is 10.2 Å². The fraction of sp³-hybridized carbons (Fsp3) is 0.778. The number of likely N-dealkylation sites (tertiary alicyclic amines) is 1. The highest BCUT2D eigenvalue weighted by Gasteiger charge is 2.29. The summed E-state index contributed by atoms with van der Waals surface area (Å²) in [4.78, 5) is 2.55. The smallest absolute Gasteiger partial charge is 0.122 e. The van der Waals surface area contributed by atoms with Crippen molar-refractivity contribution < 1.29 is 4.42 Å². The molecule has 0 radical (unpaired) electrons. The Kier molecular flexibility index (Phi) is 5.88. The van der Waals surface area contributed by atoms with E-state index in [9.17, 15) is 0 Å². The van der Waals surface area contributed by atoms with Gasteiger partial charge in [0.1, 0.15) is 5.76 Å². The van der Waals surface area contributed by atoms with E-state index in [2.05, 4.69) is 44.0 Å². The molecule has 1 aliphatic rings. The highest BCUT2D eigenvalue weighted by Crippen LogP contribution is 2.34. The second-order valence-electron chi connectivity index (χ2n) is 7.46. The topological polar surface area (TPSA) is 28.4 Å². The second-order valence-corrected chi connectivity index (χ2v) is 7.46. The van der Waals surface area contributed by atoms with E-state index in [4.69, 9.17) is 4.42 Å². The van der Waals surface area contributed by atoms with Crippen LogP contribution in [0.5, 0.6) is 0 Å². The van der Waals surface area contributed by atoms with Crippen LogP contribution in [0.2, 0.25) is 0 Å². The van der Waals surface area contributed by atoms with Crippen molar-refractivity contribution in [1.29, 1.82) is 0 Å². The molecule has 1 aromatic rings. The fourth-order valence-corrected chi connectivity index (χ4v) is 3.22. The quantitative estimate of drug-likeness (QED) is 0.802. The van der Waals surface area contributed by atoms with E-state index in [1.54, 1.807) is 0 Å². The van der Waals surface area contributed by atoms with E-state index < -0.39 is 0 Å². The van der Waals surface area contributed by atoms with Crippen LogP contribution in [0.1, 0.15) is 58.3 Å². The van der Waals surface area contributed by atoms with Gasteiger partial charge in [-0.3, -0.25) is 4.90 Å². The van der Waals surface area contributed by atoms with Crippen LogP contribution in [0.4, 0.5) is 0 Å². The van der Waals surface area contributed by atoms with Gasteiger partial charge in [-0.25, -0.2) is 0 Å². The maximum absolute atomic E-state index is 5.71. The first-order valence-electron chi connectivity index (χ1n) is 8.49. The fourth-order valence-electron chi connectivity index (χ4n) is 3.22. The van der Waals surface area contributed by atoms with Crippen LogP contribution < -0.4 is 5.32 Å². The maximum atomic E-state index is 5.71. The molecule has 0 atom stereocenters. The molecule has 3 heteroatoms. The van der Waals surface area contributed by atoms with Gasteiger partial charge < -0.3 is 9.73 Å². The predicted octanol–water partition coefficient (Wildman–Crippen LogP) is 4.04. The van der Waals surface area contributed by atoms with E-state index in [1.807, 2.05) is 6.26 Å². The lowest BCUT2D eigenvalue weighted by molar-refractivity contribution is 0.103. The molecule has 1 N–H and O–H groups in total. The van der Waals surface area contributed by atoms with Crippen molar-refractivity contribution in [3.8, 4) is 0 Å². The summed E-state index contributed by atoms with van der Waals surface area (Å²) in [6.45, 7) is 14.7. The van der Waals surface area contributed by atoms with Crippen molar-refractivity contribution in [2.75, 3.05) is 19.6 Å². The number of rotatable bonds is 6. The second kappa shape index (κ2) is 7.46. The van der Waals surface area contributed by atoms with Crippen LogP contribution in [0, 0.1) is 11.3 Å². The van der Waals surface area contributed by atoms with Crippen molar-refractivity contribution in [3.05, 3.63) is 23.7 Å². The molecule has 0 bridgehead atoms. The summed E-state index contributed by atoms with van der Waals surface area (Å²) in [5.41, 5.74) is 1.77. The third-order valence-corrected chi connectivity index (χ3v) is 4.76. The Balaban J connectivity index is 1.82. The first kappa shape index (κ1) is 16.6. The molecule has 0 saturated carbocycles. The number of piperidine rings is 1. The van der Waals surface area contributed by atoms with Gasteiger partial charge >= 0.3 is 0 Å². The summed E-state index contributed by atoms with van der Waals surface area (Å²) in [6.07, 6.45) is 5.63. The van der Waals surface area contributed by atoms with Crippen LogP contribution in [0.25, 0.3) is 0 Å². The van der Waals surface area contributed by atoms with Crippen LogP contribution in [0.3, 0.4) is 0 Å². The van der Waals surface area contributed by atoms with Gasteiger partial charge in [-0.05, 0) is 56.3 Å². The molecule has 120 valence electrons. The molecule has 1 aliphatic heterocycles. The van der Waals surface area contributed by atoms with E-state index in [0.29, 0.717) is 5.41 Å². The summed E-state index contributed by atoms with van der Waals surface area (Å²) >= 11 is 0.